The van der Waals surface area contributed by atoms with Gasteiger partial charge in [-0.15, -0.1) is 0 Å². The molecule has 1 aromatic rings. The van der Waals surface area contributed by atoms with E-state index in [4.69, 9.17) is 4.74 Å². The number of nitrogens with one attached hydrogen (secondary N) is 1. The molecule has 10 heteroatoms. The predicted octanol–water partition coefficient (Wildman–Crippen LogP) is 6.54. The number of hydrogen-bond donors (Lipinski definition) is 1. The molecule has 1 aromatic carbocycles. The van der Waals surface area contributed by atoms with E-state index >= 15 is 0 Å². The van der Waals surface area contributed by atoms with Crippen molar-refractivity contribution in [1.82, 2.24) is 20.0 Å². The number of benzene rings is 1. The second kappa shape index (κ2) is 13.4. The SMILES string of the molecule is CC(C)N1C(=O)N(CC2CCOCC2)CC12CC1CCC(C2)N1CC[C@H](NC(=O)[C@H]1CC[C@H](C(F)(F)F)CC1)c1ccccc1. The number of hydrogen-bond acceptors (Lipinski definition) is 4. The lowest BCUT2D eigenvalue weighted by molar-refractivity contribution is -0.184. The first-order valence-corrected chi connectivity index (χ1v) is 17.4. The summed E-state index contributed by atoms with van der Waals surface area (Å²) >= 11 is 0. The van der Waals surface area contributed by atoms with Crippen molar-refractivity contribution >= 4 is 11.9 Å². The molecule has 2 bridgehead atoms. The first kappa shape index (κ1) is 32.6. The van der Waals surface area contributed by atoms with E-state index in [2.05, 4.69) is 33.9 Å². The van der Waals surface area contributed by atoms with Crippen LogP contribution >= 0.6 is 0 Å². The molecule has 3 amide bonds. The zero-order valence-electron chi connectivity index (χ0n) is 26.9. The molecule has 5 fully saturated rings. The Balaban J connectivity index is 1.10. The summed E-state index contributed by atoms with van der Waals surface area (Å²) < 4.78 is 45.2. The molecule has 4 aliphatic heterocycles. The average Bonchev–Trinajstić information content (AvgIpc) is 3.43. The van der Waals surface area contributed by atoms with E-state index in [0.29, 0.717) is 18.0 Å². The largest absolute Gasteiger partial charge is 0.391 e. The van der Waals surface area contributed by atoms with Gasteiger partial charge in [0.15, 0.2) is 0 Å². The fraction of sp³-hybridized carbons (Fsp3) is 0.771. The van der Waals surface area contributed by atoms with Gasteiger partial charge in [0, 0.05) is 56.9 Å². The highest BCUT2D eigenvalue weighted by Crippen LogP contribution is 2.48. The predicted molar refractivity (Wildman–Crippen MR) is 166 cm³/mol. The molecule has 1 spiro atoms. The molecular weight excluding hydrogens is 581 g/mol. The summed E-state index contributed by atoms with van der Waals surface area (Å²) in [5.41, 5.74) is 0.896. The number of ether oxygens (including phenoxy) is 1. The molecule has 0 aromatic heterocycles. The van der Waals surface area contributed by atoms with Gasteiger partial charge in [0.25, 0.3) is 0 Å². The van der Waals surface area contributed by atoms with Gasteiger partial charge < -0.3 is 19.9 Å². The van der Waals surface area contributed by atoms with Crippen LogP contribution in [0.1, 0.15) is 96.1 Å². The van der Waals surface area contributed by atoms with Gasteiger partial charge in [-0.3, -0.25) is 9.69 Å². The Hall–Kier alpha value is -2.33. The van der Waals surface area contributed by atoms with Crippen LogP contribution in [0.3, 0.4) is 0 Å². The zero-order chi connectivity index (χ0) is 31.8. The Kier molecular flexibility index (Phi) is 9.72. The number of rotatable bonds is 9. The smallest absolute Gasteiger partial charge is 0.381 e. The topological polar surface area (TPSA) is 65.1 Å². The Bertz CT molecular complexity index is 1150. The normalized spacial score (nSPS) is 32.1. The summed E-state index contributed by atoms with van der Waals surface area (Å²) in [5.74, 6) is -1.27. The van der Waals surface area contributed by atoms with Gasteiger partial charge in [0.2, 0.25) is 5.91 Å². The maximum atomic E-state index is 13.8. The van der Waals surface area contributed by atoms with Crippen molar-refractivity contribution in [2.45, 2.75) is 120 Å². The van der Waals surface area contributed by atoms with Crippen LogP contribution in [0.4, 0.5) is 18.0 Å². The lowest BCUT2D eigenvalue weighted by Crippen LogP contribution is -2.60. The highest BCUT2D eigenvalue weighted by Gasteiger charge is 2.58. The lowest BCUT2D eigenvalue weighted by Gasteiger charge is -2.49. The van der Waals surface area contributed by atoms with E-state index in [-0.39, 0.29) is 61.2 Å². The number of urea groups is 1. The van der Waals surface area contributed by atoms with Crippen molar-refractivity contribution in [2.75, 3.05) is 32.8 Å². The van der Waals surface area contributed by atoms with Gasteiger partial charge in [0.05, 0.1) is 17.5 Å². The quantitative estimate of drug-likeness (QED) is 0.336. The zero-order valence-corrected chi connectivity index (χ0v) is 26.9. The summed E-state index contributed by atoms with van der Waals surface area (Å²) in [4.78, 5) is 34.1. The lowest BCUT2D eigenvalue weighted by atomic mass is 9.80. The number of amides is 3. The summed E-state index contributed by atoms with van der Waals surface area (Å²) in [7, 11) is 0. The van der Waals surface area contributed by atoms with Crippen LogP contribution in [0.2, 0.25) is 0 Å². The third-order valence-electron chi connectivity index (χ3n) is 11.6. The first-order valence-electron chi connectivity index (χ1n) is 17.4. The van der Waals surface area contributed by atoms with Gasteiger partial charge in [-0.05, 0) is 96.0 Å². The number of carbonyl (C=O) groups is 2. The molecule has 7 nitrogen and oxygen atoms in total. The Labute approximate surface area is 266 Å². The van der Waals surface area contributed by atoms with Crippen LogP contribution in [0.25, 0.3) is 0 Å². The molecule has 1 saturated carbocycles. The van der Waals surface area contributed by atoms with E-state index < -0.39 is 12.1 Å². The van der Waals surface area contributed by atoms with Gasteiger partial charge in [-0.1, -0.05) is 30.3 Å². The van der Waals surface area contributed by atoms with Gasteiger partial charge in [-0.2, -0.15) is 13.2 Å². The van der Waals surface area contributed by atoms with E-state index in [1.54, 1.807) is 0 Å². The van der Waals surface area contributed by atoms with Crippen molar-refractivity contribution in [3.8, 4) is 0 Å². The molecule has 4 heterocycles. The molecule has 0 radical (unpaired) electrons. The summed E-state index contributed by atoms with van der Waals surface area (Å²) in [6.07, 6.45) is 3.42. The number of alkyl halides is 3. The van der Waals surface area contributed by atoms with E-state index in [9.17, 15) is 22.8 Å². The summed E-state index contributed by atoms with van der Waals surface area (Å²) in [6, 6.07) is 10.9. The standard InChI is InChI=1S/C35H51F3N4O3/c1-24(2)42-33(44)40(22-25-15-18-45-19-16-25)23-34(42)20-29-12-13-30(21-34)41(29)17-14-31(26-6-4-3-5-7-26)39-32(43)27-8-10-28(11-9-27)35(36,37)38/h3-7,24-25,27-31H,8-23H2,1-2H3,(H,39,43)/t27-,28-,29?,30?,31-,34?/m0/s1. The number of fused-ring (bicyclic) bond motifs is 2. The fourth-order valence-corrected chi connectivity index (χ4v) is 9.37. The second-order valence-electron chi connectivity index (χ2n) is 14.8. The number of piperidine rings is 1. The highest BCUT2D eigenvalue weighted by atomic mass is 19.4. The summed E-state index contributed by atoms with van der Waals surface area (Å²) in [5, 5.41) is 3.25. The fourth-order valence-electron chi connectivity index (χ4n) is 9.37. The Morgan fingerprint density at radius 1 is 0.978 bits per heavy atom. The summed E-state index contributed by atoms with van der Waals surface area (Å²) in [6.45, 7) is 8.34. The molecule has 6 rings (SSSR count). The molecule has 3 atom stereocenters. The molecule has 1 aliphatic carbocycles. The van der Waals surface area contributed by atoms with Gasteiger partial charge >= 0.3 is 12.2 Å². The van der Waals surface area contributed by atoms with Crippen molar-refractivity contribution < 1.29 is 27.5 Å². The van der Waals surface area contributed by atoms with Crippen LogP contribution in [0, 0.1) is 17.8 Å². The molecule has 2 unspecified atom stereocenters. The van der Waals surface area contributed by atoms with Gasteiger partial charge in [-0.25, -0.2) is 4.79 Å². The molecule has 1 N–H and O–H groups in total. The molecule has 250 valence electrons. The first-order chi connectivity index (χ1) is 21.5. The van der Waals surface area contributed by atoms with Crippen LogP contribution < -0.4 is 5.32 Å². The van der Waals surface area contributed by atoms with E-state index in [0.717, 1.165) is 83.4 Å². The van der Waals surface area contributed by atoms with Crippen molar-refractivity contribution in [3.63, 3.8) is 0 Å². The van der Waals surface area contributed by atoms with E-state index in [1.807, 2.05) is 30.3 Å². The third kappa shape index (κ3) is 7.02. The molecule has 5 aliphatic rings. The Morgan fingerprint density at radius 3 is 2.22 bits per heavy atom. The highest BCUT2D eigenvalue weighted by molar-refractivity contribution is 5.79. The molecule has 4 saturated heterocycles. The van der Waals surface area contributed by atoms with Crippen LogP contribution in [0.5, 0.6) is 0 Å². The second-order valence-corrected chi connectivity index (χ2v) is 14.8. The minimum atomic E-state index is -4.18. The van der Waals surface area contributed by atoms with Crippen molar-refractivity contribution in [2.24, 2.45) is 17.8 Å². The van der Waals surface area contributed by atoms with Crippen molar-refractivity contribution in [3.05, 3.63) is 35.9 Å². The van der Waals surface area contributed by atoms with E-state index in [1.165, 1.54) is 0 Å². The number of halogens is 3. The van der Waals surface area contributed by atoms with Crippen molar-refractivity contribution in [1.29, 1.82) is 0 Å². The monoisotopic (exact) mass is 632 g/mol. The van der Waals surface area contributed by atoms with Crippen LogP contribution in [0.15, 0.2) is 30.3 Å². The average molecular weight is 633 g/mol. The molecule has 45 heavy (non-hydrogen) atoms. The third-order valence-corrected chi connectivity index (χ3v) is 11.6. The number of nitrogens with zero attached hydrogens (tertiary/aromatic N) is 3. The molecular formula is C35H51F3N4O3. The minimum Gasteiger partial charge on any atom is -0.381 e. The minimum absolute atomic E-state index is 0.0267. The van der Waals surface area contributed by atoms with Crippen LogP contribution in [-0.4, -0.2) is 89.3 Å². The maximum absolute atomic E-state index is 13.8. The van der Waals surface area contributed by atoms with Crippen LogP contribution in [-0.2, 0) is 9.53 Å². The van der Waals surface area contributed by atoms with Gasteiger partial charge in [0.1, 0.15) is 0 Å². The Morgan fingerprint density at radius 2 is 1.62 bits per heavy atom. The maximum Gasteiger partial charge on any atom is 0.391 e. The number of carbonyl (C=O) groups excluding carboxylic acids is 2.